The first-order chi connectivity index (χ1) is 12.2. The number of para-hydroxylation sites is 2. The maximum atomic E-state index is 13.1. The average Bonchev–Trinajstić information content (AvgIpc) is 3.04. The fourth-order valence-corrected chi connectivity index (χ4v) is 4.18. The van der Waals surface area contributed by atoms with E-state index in [1.54, 1.807) is 12.0 Å². The smallest absolute Gasteiger partial charge is 0.228 e. The molecule has 1 aromatic carbocycles. The lowest BCUT2D eigenvalue weighted by Crippen LogP contribution is -2.45. The van der Waals surface area contributed by atoms with Crippen LogP contribution in [0.15, 0.2) is 24.3 Å². The highest BCUT2D eigenvalue weighted by Crippen LogP contribution is 2.34. The summed E-state index contributed by atoms with van der Waals surface area (Å²) in [5, 5.41) is 0. The highest BCUT2D eigenvalue weighted by molar-refractivity contribution is 6.01. The molecule has 2 amide bonds. The Labute approximate surface area is 149 Å². The minimum Gasteiger partial charge on any atom is -0.495 e. The molecule has 1 aliphatic carbocycles. The molecule has 1 atom stereocenters. The largest absolute Gasteiger partial charge is 0.495 e. The van der Waals surface area contributed by atoms with Gasteiger partial charge in [-0.2, -0.15) is 0 Å². The van der Waals surface area contributed by atoms with Crippen molar-refractivity contribution < 1.29 is 14.3 Å². The monoisotopic (exact) mass is 344 g/mol. The third-order valence-electron chi connectivity index (χ3n) is 5.49. The van der Waals surface area contributed by atoms with E-state index in [0.717, 1.165) is 25.1 Å². The summed E-state index contributed by atoms with van der Waals surface area (Å²) in [5.74, 6) is 0.561. The first-order valence-corrected chi connectivity index (χ1v) is 9.39. The van der Waals surface area contributed by atoms with E-state index in [1.807, 2.05) is 36.1 Å². The minimum atomic E-state index is -0.251. The van der Waals surface area contributed by atoms with Gasteiger partial charge in [-0.15, -0.1) is 0 Å². The van der Waals surface area contributed by atoms with E-state index in [0.29, 0.717) is 24.8 Å². The molecule has 1 heterocycles. The molecular weight excluding hydrogens is 316 g/mol. The highest BCUT2D eigenvalue weighted by Gasteiger charge is 2.39. The minimum absolute atomic E-state index is 0.00236. The lowest BCUT2D eigenvalue weighted by molar-refractivity contribution is -0.138. The van der Waals surface area contributed by atoms with E-state index in [9.17, 15) is 9.59 Å². The first kappa shape index (κ1) is 17.8. The summed E-state index contributed by atoms with van der Waals surface area (Å²) in [7, 11) is 1.60. The third kappa shape index (κ3) is 3.65. The van der Waals surface area contributed by atoms with Gasteiger partial charge < -0.3 is 14.5 Å². The SMILES string of the molecule is CCN(C(=O)C1CC(=O)N(c2ccccc2OC)C1)C1CCCCC1. The molecule has 0 bridgehead atoms. The maximum Gasteiger partial charge on any atom is 0.228 e. The molecule has 0 spiro atoms. The van der Waals surface area contributed by atoms with Crippen LogP contribution in [0.3, 0.4) is 0 Å². The van der Waals surface area contributed by atoms with Gasteiger partial charge in [-0.25, -0.2) is 0 Å². The van der Waals surface area contributed by atoms with Gasteiger partial charge in [0.05, 0.1) is 18.7 Å². The van der Waals surface area contributed by atoms with Gasteiger partial charge in [-0.1, -0.05) is 31.4 Å². The van der Waals surface area contributed by atoms with Crippen LogP contribution in [0.25, 0.3) is 0 Å². The predicted octanol–water partition coefficient (Wildman–Crippen LogP) is 3.23. The van der Waals surface area contributed by atoms with Crippen molar-refractivity contribution in [2.24, 2.45) is 5.92 Å². The molecule has 136 valence electrons. The molecule has 2 aliphatic rings. The Hall–Kier alpha value is -2.04. The molecule has 0 N–H and O–H groups in total. The molecule has 2 fully saturated rings. The fourth-order valence-electron chi connectivity index (χ4n) is 4.18. The topological polar surface area (TPSA) is 49.9 Å². The third-order valence-corrected chi connectivity index (χ3v) is 5.49. The molecular formula is C20H28N2O3. The summed E-state index contributed by atoms with van der Waals surface area (Å²) in [6.45, 7) is 3.21. The van der Waals surface area contributed by atoms with Crippen LogP contribution in [0, 0.1) is 5.92 Å². The maximum absolute atomic E-state index is 13.1. The standard InChI is InChI=1S/C20H28N2O3/c1-3-21(16-9-5-4-6-10-16)20(24)15-13-19(23)22(14-15)17-11-7-8-12-18(17)25-2/h7-8,11-12,15-16H,3-6,9-10,13-14H2,1-2H3. The number of carbonyl (C=O) groups is 2. The molecule has 1 unspecified atom stereocenters. The fraction of sp³-hybridized carbons (Fsp3) is 0.600. The van der Waals surface area contributed by atoms with Gasteiger partial charge in [0.15, 0.2) is 0 Å². The Morgan fingerprint density at radius 1 is 1.24 bits per heavy atom. The van der Waals surface area contributed by atoms with Gasteiger partial charge >= 0.3 is 0 Å². The summed E-state index contributed by atoms with van der Waals surface area (Å²) >= 11 is 0. The molecule has 1 saturated heterocycles. The molecule has 25 heavy (non-hydrogen) atoms. The van der Waals surface area contributed by atoms with Crippen LogP contribution in [-0.4, -0.2) is 43.0 Å². The normalized spacial score (nSPS) is 21.4. The van der Waals surface area contributed by atoms with Crippen molar-refractivity contribution in [1.29, 1.82) is 0 Å². The van der Waals surface area contributed by atoms with E-state index < -0.39 is 0 Å². The second-order valence-electron chi connectivity index (χ2n) is 6.99. The number of ether oxygens (including phenoxy) is 1. The van der Waals surface area contributed by atoms with Crippen LogP contribution in [0.1, 0.15) is 45.4 Å². The van der Waals surface area contributed by atoms with Gasteiger partial charge in [-0.05, 0) is 31.9 Å². The number of benzene rings is 1. The number of rotatable bonds is 5. The van der Waals surface area contributed by atoms with Gasteiger partial charge in [0, 0.05) is 25.6 Å². The van der Waals surface area contributed by atoms with Gasteiger partial charge in [0.1, 0.15) is 5.75 Å². The van der Waals surface area contributed by atoms with E-state index in [-0.39, 0.29) is 17.7 Å². The molecule has 5 nitrogen and oxygen atoms in total. The number of nitrogens with zero attached hydrogens (tertiary/aromatic N) is 2. The molecule has 1 aliphatic heterocycles. The average molecular weight is 344 g/mol. The summed E-state index contributed by atoms with van der Waals surface area (Å²) in [4.78, 5) is 29.3. The lowest BCUT2D eigenvalue weighted by atomic mass is 9.93. The van der Waals surface area contributed by atoms with E-state index in [4.69, 9.17) is 4.74 Å². The molecule has 0 aromatic heterocycles. The number of hydrogen-bond donors (Lipinski definition) is 0. The second-order valence-corrected chi connectivity index (χ2v) is 6.99. The Bertz CT molecular complexity index is 625. The van der Waals surface area contributed by atoms with Crippen molar-refractivity contribution in [3.05, 3.63) is 24.3 Å². The van der Waals surface area contributed by atoms with Crippen molar-refractivity contribution in [2.45, 2.75) is 51.5 Å². The van der Waals surface area contributed by atoms with Crippen LogP contribution < -0.4 is 9.64 Å². The molecule has 1 saturated carbocycles. The summed E-state index contributed by atoms with van der Waals surface area (Å²) in [5.41, 5.74) is 0.756. The molecule has 1 aromatic rings. The van der Waals surface area contributed by atoms with E-state index in [2.05, 4.69) is 0 Å². The first-order valence-electron chi connectivity index (χ1n) is 9.39. The lowest BCUT2D eigenvalue weighted by Gasteiger charge is -2.35. The van der Waals surface area contributed by atoms with Crippen molar-refractivity contribution >= 4 is 17.5 Å². The van der Waals surface area contributed by atoms with Gasteiger partial charge in [0.25, 0.3) is 0 Å². The quantitative estimate of drug-likeness (QED) is 0.824. The predicted molar refractivity (Wildman–Crippen MR) is 97.7 cm³/mol. The van der Waals surface area contributed by atoms with E-state index in [1.165, 1.54) is 19.3 Å². The molecule has 3 rings (SSSR count). The van der Waals surface area contributed by atoms with Crippen LogP contribution >= 0.6 is 0 Å². The number of hydrogen-bond acceptors (Lipinski definition) is 3. The summed E-state index contributed by atoms with van der Waals surface area (Å²) < 4.78 is 5.38. The van der Waals surface area contributed by atoms with Crippen molar-refractivity contribution in [3.63, 3.8) is 0 Å². The second kappa shape index (κ2) is 7.89. The number of amides is 2. The number of carbonyl (C=O) groups excluding carboxylic acids is 2. The van der Waals surface area contributed by atoms with Gasteiger partial charge in [0.2, 0.25) is 11.8 Å². The van der Waals surface area contributed by atoms with Crippen LogP contribution in [0.2, 0.25) is 0 Å². The van der Waals surface area contributed by atoms with Crippen molar-refractivity contribution in [3.8, 4) is 5.75 Å². The number of methoxy groups -OCH3 is 1. The van der Waals surface area contributed by atoms with Gasteiger partial charge in [-0.3, -0.25) is 9.59 Å². The Morgan fingerprint density at radius 2 is 1.96 bits per heavy atom. The Kier molecular flexibility index (Phi) is 5.61. The zero-order valence-electron chi connectivity index (χ0n) is 15.2. The zero-order chi connectivity index (χ0) is 17.8. The molecule has 5 heteroatoms. The summed E-state index contributed by atoms with van der Waals surface area (Å²) in [6, 6.07) is 7.84. The van der Waals surface area contributed by atoms with Crippen molar-refractivity contribution in [2.75, 3.05) is 25.1 Å². The van der Waals surface area contributed by atoms with Crippen LogP contribution in [0.4, 0.5) is 5.69 Å². The molecule has 0 radical (unpaired) electrons. The Morgan fingerprint density at radius 3 is 2.64 bits per heavy atom. The zero-order valence-corrected chi connectivity index (χ0v) is 15.2. The highest BCUT2D eigenvalue weighted by atomic mass is 16.5. The Balaban J connectivity index is 1.73. The van der Waals surface area contributed by atoms with Crippen LogP contribution in [0.5, 0.6) is 5.75 Å². The van der Waals surface area contributed by atoms with Crippen molar-refractivity contribution in [1.82, 2.24) is 4.90 Å². The van der Waals surface area contributed by atoms with Crippen LogP contribution in [-0.2, 0) is 9.59 Å². The number of anilines is 1. The summed E-state index contributed by atoms with van der Waals surface area (Å²) in [6.07, 6.45) is 6.15. The van der Waals surface area contributed by atoms with E-state index >= 15 is 0 Å².